The number of ether oxygens (including phenoxy) is 1. The molecule has 44 valence electrons. The van der Waals surface area contributed by atoms with Crippen LogP contribution in [0.1, 0.15) is 5.48 Å². The van der Waals surface area contributed by atoms with Gasteiger partial charge in [-0.2, -0.15) is 0 Å². The number of hydrogen-bond acceptors (Lipinski definition) is 2. The minimum Gasteiger partial charge on any atom is -0.468 e. The summed E-state index contributed by atoms with van der Waals surface area (Å²) in [6.07, 6.45) is 0. The van der Waals surface area contributed by atoms with Gasteiger partial charge in [0, 0.05) is 6.04 Å². The molecule has 0 radical (unpaired) electrons. The van der Waals surface area contributed by atoms with Crippen molar-refractivity contribution in [1.29, 1.82) is 0 Å². The lowest BCUT2D eigenvalue weighted by atomic mass is 10.7. The van der Waals surface area contributed by atoms with E-state index in [2.05, 4.69) is 20.7 Å². The van der Waals surface area contributed by atoms with Crippen molar-refractivity contribution in [2.24, 2.45) is 0 Å². The molecule has 0 bridgehead atoms. The maximum Gasteiger partial charge on any atom is 0.285 e. The fraction of sp³-hybridized carbons (Fsp3) is 0.200. The summed E-state index contributed by atoms with van der Waals surface area (Å²) in [5.74, 6) is -0.276. The average molecular weight is 181 g/mol. The highest BCUT2D eigenvalue weighted by Gasteiger charge is 1.94. The molecule has 0 saturated heterocycles. The van der Waals surface area contributed by atoms with Gasteiger partial charge in [-0.3, -0.25) is 0 Å². The first kappa shape index (κ1) is 2.43. The van der Waals surface area contributed by atoms with E-state index in [4.69, 9.17) is 9.90 Å². The summed E-state index contributed by atoms with van der Waals surface area (Å²) in [6.45, 7) is 0. The Kier molecular flexibility index (Phi) is 0.675. The molecule has 0 saturated carbocycles. The summed E-state index contributed by atoms with van der Waals surface area (Å²) in [7, 11) is -1.55. The maximum absolute atomic E-state index is 7.21. The molecule has 3 heteroatoms. The Labute approximate surface area is 61.2 Å². The van der Waals surface area contributed by atoms with Crippen molar-refractivity contribution in [3.63, 3.8) is 0 Å². The topological polar surface area (TPSA) is 22.4 Å². The molecule has 0 spiro atoms. The first-order chi connectivity index (χ1) is 5.52. The minimum absolute atomic E-state index is 0.0724. The van der Waals surface area contributed by atoms with Crippen molar-refractivity contribution in [1.82, 2.24) is 0 Å². The number of halogens is 1. The Balaban J connectivity index is 2.93. The van der Waals surface area contributed by atoms with Crippen molar-refractivity contribution in [2.45, 2.75) is 0 Å². The Hall–Kier alpha value is -0.440. The first-order valence-electron chi connectivity index (χ1n) is 3.94. The number of hydrogen-bond donors (Lipinski definition) is 0. The zero-order chi connectivity index (χ0) is 9.30. The van der Waals surface area contributed by atoms with E-state index in [0.29, 0.717) is 0 Å². The average Bonchev–Trinajstić information content (AvgIpc) is 2.17. The lowest BCUT2D eigenvalue weighted by Crippen LogP contribution is -1.75. The van der Waals surface area contributed by atoms with E-state index in [-0.39, 0.29) is 22.7 Å². The molecule has 0 atom stereocenters. The Morgan fingerprint density at radius 3 is 3.38 bits per heavy atom. The Morgan fingerprint density at radius 1 is 2.00 bits per heavy atom. The molecule has 0 aromatic carbocycles. The van der Waals surface area contributed by atoms with Crippen LogP contribution in [0.2, 0.25) is 0 Å². The normalized spacial score (nSPS) is 16.8. The summed E-state index contributed by atoms with van der Waals surface area (Å²) in [5.41, 5.74) is 0. The van der Waals surface area contributed by atoms with Crippen molar-refractivity contribution >= 4 is 15.9 Å². The number of rotatable bonds is 1. The molecular formula is C5H5BrO2. The molecule has 2 nitrogen and oxygen atoms in total. The smallest absolute Gasteiger partial charge is 0.285 e. The van der Waals surface area contributed by atoms with Crippen LogP contribution in [0.3, 0.4) is 0 Å². The molecule has 0 N–H and O–H groups in total. The molecule has 0 aliphatic rings. The zero-order valence-electron chi connectivity index (χ0n) is 7.77. The lowest BCUT2D eigenvalue weighted by molar-refractivity contribution is 0.299. The molecule has 1 heterocycles. The van der Waals surface area contributed by atoms with Crippen LogP contribution in [-0.4, -0.2) is 7.06 Å². The van der Waals surface area contributed by atoms with Gasteiger partial charge in [0.15, 0.2) is 4.67 Å². The second-order valence-corrected chi connectivity index (χ2v) is 1.75. The van der Waals surface area contributed by atoms with Crippen LogP contribution >= 0.6 is 15.9 Å². The third kappa shape index (κ3) is 1.04. The van der Waals surface area contributed by atoms with Crippen LogP contribution in [0.15, 0.2) is 21.2 Å². The highest BCUT2D eigenvalue weighted by molar-refractivity contribution is 9.10. The largest absolute Gasteiger partial charge is 0.468 e. The van der Waals surface area contributed by atoms with Gasteiger partial charge in [-0.05, 0) is 22.0 Å². The molecule has 0 amide bonds. The van der Waals surface area contributed by atoms with Gasteiger partial charge >= 0.3 is 0 Å². The summed E-state index contributed by atoms with van der Waals surface area (Å²) >= 11 is 2.88. The van der Waals surface area contributed by atoms with Gasteiger partial charge in [0.2, 0.25) is 0 Å². The molecule has 0 aliphatic heterocycles. The van der Waals surface area contributed by atoms with Crippen molar-refractivity contribution < 1.29 is 14.6 Å². The summed E-state index contributed by atoms with van der Waals surface area (Å²) in [6, 6.07) is -0.406. The van der Waals surface area contributed by atoms with E-state index >= 15 is 0 Å². The van der Waals surface area contributed by atoms with Crippen molar-refractivity contribution in [3.8, 4) is 5.95 Å². The fourth-order valence-electron chi connectivity index (χ4n) is 0.286. The molecule has 1 rings (SSSR count). The molecule has 8 heavy (non-hydrogen) atoms. The Morgan fingerprint density at radius 2 is 2.88 bits per heavy atom. The summed E-state index contributed by atoms with van der Waals surface area (Å²) < 4.78 is 37.1. The predicted octanol–water partition coefficient (Wildman–Crippen LogP) is 2.05. The van der Waals surface area contributed by atoms with E-state index in [0.717, 1.165) is 0 Å². The van der Waals surface area contributed by atoms with E-state index in [9.17, 15) is 0 Å². The quantitative estimate of drug-likeness (QED) is 0.661. The number of furan rings is 1. The van der Waals surface area contributed by atoms with Crippen molar-refractivity contribution in [2.75, 3.05) is 7.06 Å². The van der Waals surface area contributed by atoms with Gasteiger partial charge in [0.05, 0.1) is 12.5 Å². The molecule has 0 fully saturated rings. The minimum atomic E-state index is -1.55. The maximum atomic E-state index is 7.21. The zero-order valence-corrected chi connectivity index (χ0v) is 5.36. The van der Waals surface area contributed by atoms with Crippen LogP contribution in [0, 0.1) is 0 Å². The summed E-state index contributed by atoms with van der Waals surface area (Å²) in [5, 5.41) is 0. The highest BCUT2D eigenvalue weighted by Crippen LogP contribution is 2.19. The van der Waals surface area contributed by atoms with Crippen LogP contribution < -0.4 is 4.74 Å². The highest BCUT2D eigenvalue weighted by atomic mass is 79.9. The van der Waals surface area contributed by atoms with Crippen LogP contribution in [0.5, 0.6) is 5.95 Å². The van der Waals surface area contributed by atoms with Crippen LogP contribution in [0.4, 0.5) is 0 Å². The van der Waals surface area contributed by atoms with E-state index < -0.39 is 7.06 Å². The van der Waals surface area contributed by atoms with E-state index in [1.807, 2.05) is 0 Å². The van der Waals surface area contributed by atoms with Gasteiger partial charge in [-0.1, -0.05) is 0 Å². The molecular weight excluding hydrogens is 172 g/mol. The molecule has 0 unspecified atom stereocenters. The van der Waals surface area contributed by atoms with Gasteiger partial charge in [-0.15, -0.1) is 0 Å². The third-order valence-electron chi connectivity index (χ3n) is 0.552. The molecule has 1 aromatic heterocycles. The monoisotopic (exact) mass is 180 g/mol. The standard InChI is InChI=1S/C5H5BrO2/c1-7-5-3-2-4(6)8-5/h2-3H,1H3/i1D2,2D,3D. The Bertz CT molecular complexity index is 285. The molecule has 0 aliphatic carbocycles. The number of methoxy groups -OCH3 is 1. The first-order valence-corrected chi connectivity index (χ1v) is 2.58. The van der Waals surface area contributed by atoms with Gasteiger partial charge < -0.3 is 9.15 Å². The second-order valence-electron chi connectivity index (χ2n) is 1.03. The van der Waals surface area contributed by atoms with E-state index in [1.54, 1.807) is 0 Å². The SMILES string of the molecule is [2H]c1c(Br)oc(OC([2H])[2H])c1[2H]. The second kappa shape index (κ2) is 2.22. The van der Waals surface area contributed by atoms with Gasteiger partial charge in [0.1, 0.15) is 0 Å². The van der Waals surface area contributed by atoms with E-state index in [1.165, 1.54) is 0 Å². The summed E-state index contributed by atoms with van der Waals surface area (Å²) in [4.78, 5) is 0. The third-order valence-corrected chi connectivity index (χ3v) is 0.912. The van der Waals surface area contributed by atoms with Gasteiger partial charge in [-0.25, -0.2) is 0 Å². The van der Waals surface area contributed by atoms with Crippen LogP contribution in [0.25, 0.3) is 0 Å². The van der Waals surface area contributed by atoms with Gasteiger partial charge in [0.25, 0.3) is 5.95 Å². The molecule has 1 aromatic rings. The fourth-order valence-corrected chi connectivity index (χ4v) is 0.532. The predicted molar refractivity (Wildman–Crippen MR) is 33.0 cm³/mol. The van der Waals surface area contributed by atoms with Crippen molar-refractivity contribution in [3.05, 3.63) is 16.8 Å². The lowest BCUT2D eigenvalue weighted by Gasteiger charge is -1.86. The van der Waals surface area contributed by atoms with Crippen LogP contribution in [-0.2, 0) is 0 Å².